The summed E-state index contributed by atoms with van der Waals surface area (Å²) in [7, 11) is 0. The molecule has 0 unspecified atom stereocenters. The van der Waals surface area contributed by atoms with E-state index in [9.17, 15) is 9.59 Å². The zero-order valence-electron chi connectivity index (χ0n) is 16.1. The Balaban J connectivity index is 1.43. The van der Waals surface area contributed by atoms with Gasteiger partial charge in [0.15, 0.2) is 11.6 Å². The lowest BCUT2D eigenvalue weighted by Crippen LogP contribution is -2.28. The van der Waals surface area contributed by atoms with Gasteiger partial charge in [0.2, 0.25) is 5.91 Å². The minimum atomic E-state index is -0.205. The SMILES string of the molecule is O=C(CCNC(=O)c1ccccc1)Nc1nc2ccccc2nc1N1CCCC1. The van der Waals surface area contributed by atoms with Crippen molar-refractivity contribution in [3.8, 4) is 0 Å². The molecule has 1 fully saturated rings. The van der Waals surface area contributed by atoms with Gasteiger partial charge < -0.3 is 15.5 Å². The van der Waals surface area contributed by atoms with Crippen LogP contribution in [0.1, 0.15) is 29.6 Å². The van der Waals surface area contributed by atoms with Crippen LogP contribution in [-0.4, -0.2) is 41.4 Å². The van der Waals surface area contributed by atoms with Crippen molar-refractivity contribution in [2.24, 2.45) is 0 Å². The summed E-state index contributed by atoms with van der Waals surface area (Å²) in [5.74, 6) is 0.790. The summed E-state index contributed by atoms with van der Waals surface area (Å²) < 4.78 is 0. The summed E-state index contributed by atoms with van der Waals surface area (Å²) in [5, 5.41) is 5.66. The first-order chi connectivity index (χ1) is 14.2. The van der Waals surface area contributed by atoms with E-state index in [0.29, 0.717) is 17.2 Å². The highest BCUT2D eigenvalue weighted by Gasteiger charge is 2.20. The number of para-hydroxylation sites is 2. The van der Waals surface area contributed by atoms with Gasteiger partial charge in [-0.3, -0.25) is 9.59 Å². The molecule has 0 radical (unpaired) electrons. The number of hydrogen-bond acceptors (Lipinski definition) is 5. The molecule has 0 bridgehead atoms. The number of amides is 2. The molecule has 2 aromatic carbocycles. The third kappa shape index (κ3) is 4.51. The van der Waals surface area contributed by atoms with Crippen LogP contribution < -0.4 is 15.5 Å². The van der Waals surface area contributed by atoms with Crippen LogP contribution in [0.4, 0.5) is 11.6 Å². The maximum absolute atomic E-state index is 12.5. The fourth-order valence-corrected chi connectivity index (χ4v) is 3.40. The Bertz CT molecular complexity index is 1020. The first-order valence-corrected chi connectivity index (χ1v) is 9.85. The zero-order chi connectivity index (χ0) is 20.1. The molecule has 0 aliphatic carbocycles. The lowest BCUT2D eigenvalue weighted by atomic mass is 10.2. The van der Waals surface area contributed by atoms with Crippen LogP contribution >= 0.6 is 0 Å². The van der Waals surface area contributed by atoms with Crippen molar-refractivity contribution in [3.05, 3.63) is 60.2 Å². The maximum Gasteiger partial charge on any atom is 0.251 e. The van der Waals surface area contributed by atoms with Crippen molar-refractivity contribution in [1.29, 1.82) is 0 Å². The molecule has 0 atom stereocenters. The molecule has 1 aliphatic heterocycles. The van der Waals surface area contributed by atoms with E-state index in [0.717, 1.165) is 37.0 Å². The monoisotopic (exact) mass is 389 g/mol. The van der Waals surface area contributed by atoms with E-state index in [1.165, 1.54) is 0 Å². The molecule has 3 aromatic rings. The molecule has 1 aromatic heterocycles. The summed E-state index contributed by atoms with van der Waals surface area (Å²) in [5.41, 5.74) is 2.12. The van der Waals surface area contributed by atoms with Crippen molar-refractivity contribution >= 4 is 34.5 Å². The van der Waals surface area contributed by atoms with Gasteiger partial charge in [-0.05, 0) is 37.1 Å². The normalized spacial score (nSPS) is 13.4. The predicted molar refractivity (Wildman–Crippen MR) is 113 cm³/mol. The van der Waals surface area contributed by atoms with E-state index >= 15 is 0 Å². The van der Waals surface area contributed by atoms with Crippen molar-refractivity contribution in [2.45, 2.75) is 19.3 Å². The Morgan fingerprint density at radius 1 is 0.897 bits per heavy atom. The number of aromatic nitrogens is 2. The minimum Gasteiger partial charge on any atom is -0.354 e. The second-order valence-electron chi connectivity index (χ2n) is 7.00. The number of carbonyl (C=O) groups excluding carboxylic acids is 2. The first kappa shape index (κ1) is 18.9. The molecule has 2 N–H and O–H groups in total. The van der Waals surface area contributed by atoms with Gasteiger partial charge in [0.1, 0.15) is 0 Å². The van der Waals surface area contributed by atoms with Crippen LogP contribution in [0.15, 0.2) is 54.6 Å². The number of nitrogens with zero attached hydrogens (tertiary/aromatic N) is 3. The number of rotatable bonds is 6. The number of benzene rings is 2. The van der Waals surface area contributed by atoms with Crippen LogP contribution in [0.5, 0.6) is 0 Å². The molecule has 148 valence electrons. The molecule has 4 rings (SSSR count). The number of anilines is 2. The van der Waals surface area contributed by atoms with Gasteiger partial charge in [0.25, 0.3) is 5.91 Å². The van der Waals surface area contributed by atoms with Gasteiger partial charge >= 0.3 is 0 Å². The summed E-state index contributed by atoms with van der Waals surface area (Å²) >= 11 is 0. The van der Waals surface area contributed by atoms with Crippen molar-refractivity contribution in [2.75, 3.05) is 29.9 Å². The Hall–Kier alpha value is -3.48. The second-order valence-corrected chi connectivity index (χ2v) is 7.00. The lowest BCUT2D eigenvalue weighted by Gasteiger charge is -2.20. The highest BCUT2D eigenvalue weighted by Crippen LogP contribution is 2.27. The smallest absolute Gasteiger partial charge is 0.251 e. The molecule has 2 amide bonds. The molecule has 0 spiro atoms. The van der Waals surface area contributed by atoms with E-state index in [4.69, 9.17) is 4.98 Å². The maximum atomic E-state index is 12.5. The van der Waals surface area contributed by atoms with E-state index in [1.54, 1.807) is 24.3 Å². The number of nitrogens with one attached hydrogen (secondary N) is 2. The van der Waals surface area contributed by atoms with E-state index in [1.807, 2.05) is 30.3 Å². The quantitative estimate of drug-likeness (QED) is 0.677. The Kier molecular flexibility index (Phi) is 5.65. The summed E-state index contributed by atoms with van der Waals surface area (Å²) in [6.45, 7) is 2.06. The number of fused-ring (bicyclic) bond motifs is 1. The summed E-state index contributed by atoms with van der Waals surface area (Å²) in [6.07, 6.45) is 2.37. The highest BCUT2D eigenvalue weighted by atomic mass is 16.2. The van der Waals surface area contributed by atoms with Gasteiger partial charge in [-0.15, -0.1) is 0 Å². The predicted octanol–water partition coefficient (Wildman–Crippen LogP) is 2.99. The third-order valence-corrected chi connectivity index (χ3v) is 4.89. The molecule has 0 saturated carbocycles. The fourth-order valence-electron chi connectivity index (χ4n) is 3.40. The topological polar surface area (TPSA) is 87.2 Å². The second kappa shape index (κ2) is 8.68. The Morgan fingerprint density at radius 3 is 2.28 bits per heavy atom. The average molecular weight is 389 g/mol. The molecule has 7 heteroatoms. The van der Waals surface area contributed by atoms with Crippen LogP contribution in [0.3, 0.4) is 0 Å². The molecule has 1 aliphatic rings. The fraction of sp³-hybridized carbons (Fsp3) is 0.273. The van der Waals surface area contributed by atoms with Gasteiger partial charge in [-0.2, -0.15) is 0 Å². The molecule has 29 heavy (non-hydrogen) atoms. The largest absolute Gasteiger partial charge is 0.354 e. The summed E-state index contributed by atoms with van der Waals surface area (Å²) in [6, 6.07) is 16.6. The molecular formula is C22H23N5O2. The van der Waals surface area contributed by atoms with Crippen molar-refractivity contribution in [3.63, 3.8) is 0 Å². The average Bonchev–Trinajstić information content (AvgIpc) is 3.28. The lowest BCUT2D eigenvalue weighted by molar-refractivity contribution is -0.116. The van der Waals surface area contributed by atoms with Crippen LogP contribution in [0.2, 0.25) is 0 Å². The van der Waals surface area contributed by atoms with E-state index < -0.39 is 0 Å². The molecule has 7 nitrogen and oxygen atoms in total. The van der Waals surface area contributed by atoms with Gasteiger partial charge in [-0.1, -0.05) is 30.3 Å². The van der Waals surface area contributed by atoms with Crippen LogP contribution in [0, 0.1) is 0 Å². The molecule has 1 saturated heterocycles. The van der Waals surface area contributed by atoms with Crippen LogP contribution in [-0.2, 0) is 4.79 Å². The van der Waals surface area contributed by atoms with Crippen molar-refractivity contribution in [1.82, 2.24) is 15.3 Å². The van der Waals surface area contributed by atoms with E-state index in [2.05, 4.69) is 20.5 Å². The van der Waals surface area contributed by atoms with E-state index in [-0.39, 0.29) is 24.8 Å². The number of carbonyl (C=O) groups is 2. The van der Waals surface area contributed by atoms with Gasteiger partial charge in [-0.25, -0.2) is 9.97 Å². The Morgan fingerprint density at radius 2 is 1.55 bits per heavy atom. The molecule has 2 heterocycles. The van der Waals surface area contributed by atoms with Gasteiger partial charge in [0.05, 0.1) is 11.0 Å². The van der Waals surface area contributed by atoms with Crippen molar-refractivity contribution < 1.29 is 9.59 Å². The molecular weight excluding hydrogens is 366 g/mol. The van der Waals surface area contributed by atoms with Crippen LogP contribution in [0.25, 0.3) is 11.0 Å². The third-order valence-electron chi connectivity index (χ3n) is 4.89. The zero-order valence-corrected chi connectivity index (χ0v) is 16.1. The minimum absolute atomic E-state index is 0.159. The van der Waals surface area contributed by atoms with Gasteiger partial charge in [0, 0.05) is 31.6 Å². The number of hydrogen-bond donors (Lipinski definition) is 2. The highest BCUT2D eigenvalue weighted by molar-refractivity contribution is 5.96. The summed E-state index contributed by atoms with van der Waals surface area (Å²) in [4.78, 5) is 36.1. The standard InChI is InChI=1S/C22H23N5O2/c28-19(12-13-23-22(29)16-8-2-1-3-9-16)26-20-21(27-14-6-7-15-27)25-18-11-5-4-10-17(18)24-20/h1-5,8-11H,6-7,12-15H2,(H,23,29)(H,24,26,28). The Labute approximate surface area is 169 Å². The first-order valence-electron chi connectivity index (χ1n) is 9.85.